The van der Waals surface area contributed by atoms with Crippen molar-refractivity contribution in [1.29, 1.82) is 0 Å². The SMILES string of the molecule is CC(C)c1nc(COCC2CCCCN2)no1. The highest BCUT2D eigenvalue weighted by Gasteiger charge is 2.14. The number of ether oxygens (including phenoxy) is 1. The van der Waals surface area contributed by atoms with Crippen LogP contribution in [0, 0.1) is 0 Å². The summed E-state index contributed by atoms with van der Waals surface area (Å²) in [4.78, 5) is 4.27. The Morgan fingerprint density at radius 1 is 1.47 bits per heavy atom. The molecule has 96 valence electrons. The van der Waals surface area contributed by atoms with Gasteiger partial charge in [-0.15, -0.1) is 0 Å². The van der Waals surface area contributed by atoms with Gasteiger partial charge in [-0.05, 0) is 19.4 Å². The van der Waals surface area contributed by atoms with Crippen molar-refractivity contribution in [2.45, 2.75) is 51.7 Å². The van der Waals surface area contributed by atoms with Crippen LogP contribution < -0.4 is 5.32 Å². The Balaban J connectivity index is 1.70. The summed E-state index contributed by atoms with van der Waals surface area (Å²) in [5.41, 5.74) is 0. The summed E-state index contributed by atoms with van der Waals surface area (Å²) >= 11 is 0. The van der Waals surface area contributed by atoms with Gasteiger partial charge in [0, 0.05) is 12.0 Å². The zero-order chi connectivity index (χ0) is 12.1. The van der Waals surface area contributed by atoms with E-state index in [4.69, 9.17) is 9.26 Å². The van der Waals surface area contributed by atoms with E-state index in [9.17, 15) is 0 Å². The lowest BCUT2D eigenvalue weighted by Crippen LogP contribution is -2.37. The van der Waals surface area contributed by atoms with Crippen LogP contribution in [0.5, 0.6) is 0 Å². The molecule has 0 amide bonds. The molecule has 1 aliphatic heterocycles. The maximum Gasteiger partial charge on any atom is 0.229 e. The van der Waals surface area contributed by atoms with Crippen molar-refractivity contribution in [3.63, 3.8) is 0 Å². The van der Waals surface area contributed by atoms with Gasteiger partial charge in [-0.2, -0.15) is 4.98 Å². The van der Waals surface area contributed by atoms with Gasteiger partial charge in [0.05, 0.1) is 6.61 Å². The van der Waals surface area contributed by atoms with Gasteiger partial charge < -0.3 is 14.6 Å². The predicted octanol–water partition coefficient (Wildman–Crippen LogP) is 1.85. The summed E-state index contributed by atoms with van der Waals surface area (Å²) < 4.78 is 10.7. The van der Waals surface area contributed by atoms with E-state index < -0.39 is 0 Å². The molecule has 0 aromatic carbocycles. The molecule has 0 radical (unpaired) electrons. The topological polar surface area (TPSA) is 60.2 Å². The van der Waals surface area contributed by atoms with Crippen LogP contribution in [0.25, 0.3) is 0 Å². The van der Waals surface area contributed by atoms with Crippen molar-refractivity contribution >= 4 is 0 Å². The van der Waals surface area contributed by atoms with Crippen LogP contribution >= 0.6 is 0 Å². The van der Waals surface area contributed by atoms with Crippen LogP contribution in [-0.2, 0) is 11.3 Å². The Bertz CT molecular complexity index is 332. The van der Waals surface area contributed by atoms with Crippen LogP contribution in [0.3, 0.4) is 0 Å². The van der Waals surface area contributed by atoms with Crippen molar-refractivity contribution in [3.05, 3.63) is 11.7 Å². The summed E-state index contributed by atoms with van der Waals surface area (Å²) in [5.74, 6) is 1.60. The molecule has 1 aromatic rings. The van der Waals surface area contributed by atoms with Crippen LogP contribution in [0.1, 0.15) is 50.7 Å². The highest BCUT2D eigenvalue weighted by Crippen LogP contribution is 2.12. The molecule has 2 heterocycles. The Labute approximate surface area is 102 Å². The van der Waals surface area contributed by atoms with E-state index >= 15 is 0 Å². The lowest BCUT2D eigenvalue weighted by molar-refractivity contribution is 0.0854. The Hall–Kier alpha value is -0.940. The molecular weight excluding hydrogens is 218 g/mol. The Kier molecular flexibility index (Phi) is 4.50. The standard InChI is InChI=1S/C12H21N3O2/c1-9(2)12-14-11(15-17-12)8-16-7-10-5-3-4-6-13-10/h9-10,13H,3-8H2,1-2H3. The fourth-order valence-electron chi connectivity index (χ4n) is 1.92. The van der Waals surface area contributed by atoms with E-state index in [0.717, 1.165) is 13.2 Å². The number of rotatable bonds is 5. The van der Waals surface area contributed by atoms with Gasteiger partial charge >= 0.3 is 0 Å². The molecule has 1 unspecified atom stereocenters. The number of nitrogens with zero attached hydrogens (tertiary/aromatic N) is 2. The maximum atomic E-state index is 5.60. The second-order valence-electron chi connectivity index (χ2n) is 4.87. The van der Waals surface area contributed by atoms with Crippen LogP contribution in [-0.4, -0.2) is 29.3 Å². The second-order valence-corrected chi connectivity index (χ2v) is 4.87. The fraction of sp³-hybridized carbons (Fsp3) is 0.833. The van der Waals surface area contributed by atoms with Gasteiger partial charge in [-0.1, -0.05) is 25.4 Å². The fourth-order valence-corrected chi connectivity index (χ4v) is 1.92. The minimum Gasteiger partial charge on any atom is -0.372 e. The molecule has 2 rings (SSSR count). The average Bonchev–Trinajstić information content (AvgIpc) is 2.79. The molecule has 0 saturated carbocycles. The summed E-state index contributed by atoms with van der Waals surface area (Å²) in [6, 6.07) is 0.486. The Morgan fingerprint density at radius 3 is 3.00 bits per heavy atom. The normalized spacial score (nSPS) is 21.0. The highest BCUT2D eigenvalue weighted by atomic mass is 16.5. The molecule has 17 heavy (non-hydrogen) atoms. The van der Waals surface area contributed by atoms with E-state index in [1.807, 2.05) is 13.8 Å². The first kappa shape index (κ1) is 12.5. The lowest BCUT2D eigenvalue weighted by Gasteiger charge is -2.22. The van der Waals surface area contributed by atoms with Crippen LogP contribution in [0.2, 0.25) is 0 Å². The number of hydrogen-bond acceptors (Lipinski definition) is 5. The molecule has 1 aromatic heterocycles. The molecular formula is C12H21N3O2. The molecule has 0 bridgehead atoms. The summed E-state index contributed by atoms with van der Waals surface area (Å²) in [6.07, 6.45) is 3.77. The van der Waals surface area contributed by atoms with Gasteiger partial charge in [-0.25, -0.2) is 0 Å². The summed E-state index contributed by atoms with van der Waals surface area (Å²) in [6.45, 7) is 6.34. The first-order valence-electron chi connectivity index (χ1n) is 6.39. The molecule has 1 fully saturated rings. The largest absolute Gasteiger partial charge is 0.372 e. The first-order chi connectivity index (χ1) is 8.25. The number of aromatic nitrogens is 2. The van der Waals surface area contributed by atoms with Gasteiger partial charge in [-0.3, -0.25) is 0 Å². The first-order valence-corrected chi connectivity index (χ1v) is 6.39. The van der Waals surface area contributed by atoms with Crippen molar-refractivity contribution in [2.24, 2.45) is 0 Å². The number of nitrogens with one attached hydrogen (secondary N) is 1. The van der Waals surface area contributed by atoms with E-state index in [-0.39, 0.29) is 5.92 Å². The van der Waals surface area contributed by atoms with Gasteiger partial charge in [0.15, 0.2) is 5.82 Å². The van der Waals surface area contributed by atoms with Gasteiger partial charge in [0.1, 0.15) is 6.61 Å². The quantitative estimate of drug-likeness (QED) is 0.849. The molecule has 0 spiro atoms. The molecule has 5 nitrogen and oxygen atoms in total. The van der Waals surface area contributed by atoms with Crippen molar-refractivity contribution in [2.75, 3.05) is 13.2 Å². The smallest absolute Gasteiger partial charge is 0.229 e. The van der Waals surface area contributed by atoms with E-state index in [1.165, 1.54) is 19.3 Å². The number of piperidine rings is 1. The molecule has 1 aliphatic rings. The highest BCUT2D eigenvalue weighted by molar-refractivity contribution is 4.89. The zero-order valence-electron chi connectivity index (χ0n) is 10.6. The molecule has 1 atom stereocenters. The van der Waals surface area contributed by atoms with E-state index in [1.54, 1.807) is 0 Å². The monoisotopic (exact) mass is 239 g/mol. The molecule has 0 aliphatic carbocycles. The maximum absolute atomic E-state index is 5.60. The van der Waals surface area contributed by atoms with E-state index in [2.05, 4.69) is 15.5 Å². The molecule has 5 heteroatoms. The zero-order valence-corrected chi connectivity index (χ0v) is 10.6. The molecule has 1 saturated heterocycles. The average molecular weight is 239 g/mol. The second kappa shape index (κ2) is 6.12. The van der Waals surface area contributed by atoms with Crippen molar-refractivity contribution in [3.8, 4) is 0 Å². The third-order valence-electron chi connectivity index (χ3n) is 2.94. The summed E-state index contributed by atoms with van der Waals surface area (Å²) in [5, 5.41) is 7.33. The predicted molar refractivity (Wildman–Crippen MR) is 63.7 cm³/mol. The minimum absolute atomic E-state index is 0.274. The van der Waals surface area contributed by atoms with E-state index in [0.29, 0.717) is 24.4 Å². The lowest BCUT2D eigenvalue weighted by atomic mass is 10.1. The minimum atomic E-state index is 0.274. The van der Waals surface area contributed by atoms with Gasteiger partial charge in [0.2, 0.25) is 5.89 Å². The Morgan fingerprint density at radius 2 is 2.35 bits per heavy atom. The summed E-state index contributed by atoms with van der Waals surface area (Å²) in [7, 11) is 0. The van der Waals surface area contributed by atoms with Gasteiger partial charge in [0.25, 0.3) is 0 Å². The van der Waals surface area contributed by atoms with Crippen LogP contribution in [0.15, 0.2) is 4.52 Å². The molecule has 1 N–H and O–H groups in total. The van der Waals surface area contributed by atoms with Crippen molar-refractivity contribution in [1.82, 2.24) is 15.5 Å². The third-order valence-corrected chi connectivity index (χ3v) is 2.94. The van der Waals surface area contributed by atoms with Crippen LogP contribution in [0.4, 0.5) is 0 Å². The third kappa shape index (κ3) is 3.78. The van der Waals surface area contributed by atoms with Crippen molar-refractivity contribution < 1.29 is 9.26 Å². The number of hydrogen-bond donors (Lipinski definition) is 1.